The van der Waals surface area contributed by atoms with Gasteiger partial charge in [0.2, 0.25) is 5.91 Å². The molecule has 5 heteroatoms. The summed E-state index contributed by atoms with van der Waals surface area (Å²) in [6, 6.07) is 8.62. The van der Waals surface area contributed by atoms with Crippen molar-refractivity contribution in [1.82, 2.24) is 14.9 Å². The lowest BCUT2D eigenvalue weighted by molar-refractivity contribution is -0.131. The van der Waals surface area contributed by atoms with Gasteiger partial charge < -0.3 is 4.90 Å². The van der Waals surface area contributed by atoms with Crippen molar-refractivity contribution in [1.29, 1.82) is 0 Å². The van der Waals surface area contributed by atoms with Gasteiger partial charge in [0.15, 0.2) is 0 Å². The number of likely N-dealkylation sites (tertiary alicyclic amines) is 1. The molecule has 1 aromatic carbocycles. The highest BCUT2D eigenvalue weighted by Gasteiger charge is 2.21. The Morgan fingerprint density at radius 1 is 1.17 bits per heavy atom. The van der Waals surface area contributed by atoms with Gasteiger partial charge in [0.05, 0.1) is 0 Å². The van der Waals surface area contributed by atoms with Crippen molar-refractivity contribution in [2.75, 3.05) is 13.1 Å². The molecule has 1 amide bonds. The Kier molecular flexibility index (Phi) is 5.51. The number of amides is 1. The van der Waals surface area contributed by atoms with Crippen molar-refractivity contribution < 1.29 is 9.18 Å². The Morgan fingerprint density at radius 3 is 2.75 bits per heavy atom. The molecule has 0 saturated carbocycles. The standard InChI is InChI=1S/C19H22FN3O/c20-17-5-3-16(4-6-17)15-2-1-12-23(13-10-15)19(24)8-7-18-9-11-21-14-22-18/h3-6,9,11,14-15H,1-2,7-8,10,12-13H2/t15-/m1/s1. The monoisotopic (exact) mass is 327 g/mol. The minimum Gasteiger partial charge on any atom is -0.343 e. The van der Waals surface area contributed by atoms with Crippen LogP contribution in [0.25, 0.3) is 0 Å². The zero-order chi connectivity index (χ0) is 16.8. The summed E-state index contributed by atoms with van der Waals surface area (Å²) in [6.07, 6.45) is 7.32. The first kappa shape index (κ1) is 16.6. The van der Waals surface area contributed by atoms with E-state index in [1.54, 1.807) is 6.20 Å². The van der Waals surface area contributed by atoms with Crippen molar-refractivity contribution in [3.63, 3.8) is 0 Å². The second-order valence-electron chi connectivity index (χ2n) is 6.26. The van der Waals surface area contributed by atoms with E-state index < -0.39 is 0 Å². The number of hydrogen-bond donors (Lipinski definition) is 0. The van der Waals surface area contributed by atoms with Crippen LogP contribution in [0.1, 0.15) is 42.9 Å². The predicted octanol–water partition coefficient (Wildman–Crippen LogP) is 3.34. The normalized spacial score (nSPS) is 18.2. The van der Waals surface area contributed by atoms with Crippen molar-refractivity contribution >= 4 is 5.91 Å². The Labute approximate surface area is 141 Å². The summed E-state index contributed by atoms with van der Waals surface area (Å²) in [6.45, 7) is 1.57. The fourth-order valence-electron chi connectivity index (χ4n) is 3.27. The van der Waals surface area contributed by atoms with Gasteiger partial charge in [0.25, 0.3) is 0 Å². The Balaban J connectivity index is 1.53. The lowest BCUT2D eigenvalue weighted by atomic mass is 9.92. The highest BCUT2D eigenvalue weighted by molar-refractivity contribution is 5.76. The number of nitrogens with zero attached hydrogens (tertiary/aromatic N) is 3. The molecular weight excluding hydrogens is 305 g/mol. The number of benzene rings is 1. The molecule has 0 aliphatic carbocycles. The second kappa shape index (κ2) is 7.99. The van der Waals surface area contributed by atoms with Crippen molar-refractivity contribution in [3.8, 4) is 0 Å². The molecule has 1 aliphatic rings. The molecule has 1 saturated heterocycles. The number of halogens is 1. The van der Waals surface area contributed by atoms with Crippen molar-refractivity contribution in [3.05, 3.63) is 59.9 Å². The predicted molar refractivity (Wildman–Crippen MR) is 89.9 cm³/mol. The number of aromatic nitrogens is 2. The van der Waals surface area contributed by atoms with Crippen LogP contribution in [0, 0.1) is 5.82 Å². The third kappa shape index (κ3) is 4.37. The number of carbonyl (C=O) groups excluding carboxylic acids is 1. The van der Waals surface area contributed by atoms with Crippen molar-refractivity contribution in [2.45, 2.75) is 38.0 Å². The molecule has 0 spiro atoms. The van der Waals surface area contributed by atoms with E-state index in [-0.39, 0.29) is 11.7 Å². The Hall–Kier alpha value is -2.30. The van der Waals surface area contributed by atoms with Gasteiger partial charge in [-0.05, 0) is 55.4 Å². The first-order valence-electron chi connectivity index (χ1n) is 8.50. The van der Waals surface area contributed by atoms with Gasteiger partial charge in [-0.15, -0.1) is 0 Å². The zero-order valence-electron chi connectivity index (χ0n) is 13.7. The fraction of sp³-hybridized carbons (Fsp3) is 0.421. The van der Waals surface area contributed by atoms with E-state index in [0.29, 0.717) is 18.8 Å². The summed E-state index contributed by atoms with van der Waals surface area (Å²) >= 11 is 0. The average Bonchev–Trinajstić information content (AvgIpc) is 2.87. The van der Waals surface area contributed by atoms with Crippen molar-refractivity contribution in [2.24, 2.45) is 0 Å². The van der Waals surface area contributed by atoms with E-state index in [4.69, 9.17) is 0 Å². The third-order valence-electron chi connectivity index (χ3n) is 4.66. The molecule has 2 heterocycles. The van der Waals surface area contributed by atoms with Gasteiger partial charge in [-0.1, -0.05) is 12.1 Å². The molecule has 3 rings (SSSR count). The van der Waals surface area contributed by atoms with E-state index in [1.165, 1.54) is 24.0 Å². The molecular formula is C19H22FN3O. The topological polar surface area (TPSA) is 46.1 Å². The molecule has 1 aromatic heterocycles. The summed E-state index contributed by atoms with van der Waals surface area (Å²) in [7, 11) is 0. The van der Waals surface area contributed by atoms with Crippen LogP contribution < -0.4 is 0 Å². The largest absolute Gasteiger partial charge is 0.343 e. The Morgan fingerprint density at radius 2 is 2.00 bits per heavy atom. The van der Waals surface area contributed by atoms with Crippen LogP contribution in [0.3, 0.4) is 0 Å². The van der Waals surface area contributed by atoms with Crippen LogP contribution in [-0.4, -0.2) is 33.9 Å². The fourth-order valence-corrected chi connectivity index (χ4v) is 3.27. The molecule has 0 bridgehead atoms. The summed E-state index contributed by atoms with van der Waals surface area (Å²) in [5, 5.41) is 0. The summed E-state index contributed by atoms with van der Waals surface area (Å²) in [5.74, 6) is 0.396. The summed E-state index contributed by atoms with van der Waals surface area (Å²) in [5.41, 5.74) is 2.07. The van der Waals surface area contributed by atoms with Crippen LogP contribution in [0.2, 0.25) is 0 Å². The summed E-state index contributed by atoms with van der Waals surface area (Å²) < 4.78 is 13.1. The first-order valence-corrected chi connectivity index (χ1v) is 8.50. The minimum absolute atomic E-state index is 0.188. The van der Waals surface area contributed by atoms with Gasteiger partial charge in [-0.25, -0.2) is 14.4 Å². The van der Waals surface area contributed by atoms with E-state index >= 15 is 0 Å². The van der Waals surface area contributed by atoms with Gasteiger partial charge in [0.1, 0.15) is 12.1 Å². The van der Waals surface area contributed by atoms with E-state index in [1.807, 2.05) is 23.1 Å². The van der Waals surface area contributed by atoms with Gasteiger partial charge in [0, 0.05) is 31.4 Å². The SMILES string of the molecule is O=C(CCc1ccncn1)N1CCC[C@@H](c2ccc(F)cc2)CC1. The minimum atomic E-state index is -0.200. The van der Waals surface area contributed by atoms with Gasteiger partial charge >= 0.3 is 0 Å². The highest BCUT2D eigenvalue weighted by Crippen LogP contribution is 2.28. The number of hydrogen-bond acceptors (Lipinski definition) is 3. The van der Waals surface area contributed by atoms with Gasteiger partial charge in [-0.3, -0.25) is 4.79 Å². The molecule has 1 atom stereocenters. The molecule has 0 radical (unpaired) electrons. The first-order chi connectivity index (χ1) is 11.7. The lowest BCUT2D eigenvalue weighted by Gasteiger charge is -2.20. The van der Waals surface area contributed by atoms with Gasteiger partial charge in [-0.2, -0.15) is 0 Å². The molecule has 1 aliphatic heterocycles. The quantitative estimate of drug-likeness (QED) is 0.865. The van der Waals surface area contributed by atoms with E-state index in [0.717, 1.165) is 38.0 Å². The molecule has 4 nitrogen and oxygen atoms in total. The molecule has 0 N–H and O–H groups in total. The Bertz CT molecular complexity index is 660. The maximum absolute atomic E-state index is 13.1. The maximum Gasteiger partial charge on any atom is 0.222 e. The van der Waals surface area contributed by atoms with Crippen LogP contribution in [0.5, 0.6) is 0 Å². The van der Waals surface area contributed by atoms with Crippen LogP contribution in [0.15, 0.2) is 42.9 Å². The number of carbonyl (C=O) groups is 1. The molecule has 24 heavy (non-hydrogen) atoms. The smallest absolute Gasteiger partial charge is 0.222 e. The molecule has 1 fully saturated rings. The lowest BCUT2D eigenvalue weighted by Crippen LogP contribution is -2.32. The van der Waals surface area contributed by atoms with E-state index in [2.05, 4.69) is 9.97 Å². The highest BCUT2D eigenvalue weighted by atomic mass is 19.1. The second-order valence-corrected chi connectivity index (χ2v) is 6.26. The van der Waals surface area contributed by atoms with Crippen LogP contribution >= 0.6 is 0 Å². The average molecular weight is 327 g/mol. The molecule has 126 valence electrons. The number of aryl methyl sites for hydroxylation is 1. The zero-order valence-corrected chi connectivity index (χ0v) is 13.7. The van der Waals surface area contributed by atoms with Crippen LogP contribution in [-0.2, 0) is 11.2 Å². The maximum atomic E-state index is 13.1. The van der Waals surface area contributed by atoms with E-state index in [9.17, 15) is 9.18 Å². The third-order valence-corrected chi connectivity index (χ3v) is 4.66. The summed E-state index contributed by atoms with van der Waals surface area (Å²) in [4.78, 5) is 22.5. The molecule has 2 aromatic rings. The van der Waals surface area contributed by atoms with Crippen LogP contribution in [0.4, 0.5) is 4.39 Å². The number of rotatable bonds is 4. The molecule has 0 unspecified atom stereocenters.